The quantitative estimate of drug-likeness (QED) is 0.327. The first-order valence-electron chi connectivity index (χ1n) is 12.0. The molecule has 11 heteroatoms. The Morgan fingerprint density at radius 1 is 1.16 bits per heavy atom. The predicted molar refractivity (Wildman–Crippen MR) is 144 cm³/mol. The Balaban J connectivity index is 1.35. The number of hydrogen-bond donors (Lipinski definition) is 2. The Bertz CT molecular complexity index is 1370. The summed E-state index contributed by atoms with van der Waals surface area (Å²) in [6.07, 6.45) is 7.15. The molecule has 37 heavy (non-hydrogen) atoms. The molecule has 0 saturated carbocycles. The van der Waals surface area contributed by atoms with Crippen molar-refractivity contribution in [2.45, 2.75) is 25.3 Å². The molecule has 0 aliphatic carbocycles. The lowest BCUT2D eigenvalue weighted by atomic mass is 9.94. The highest BCUT2D eigenvalue weighted by Gasteiger charge is 2.27. The monoisotopic (exact) mass is 565 g/mol. The number of ether oxygens (including phenoxy) is 2. The van der Waals surface area contributed by atoms with E-state index in [1.165, 1.54) is 0 Å². The molecular formula is C26H28BrN7O3. The standard InChI is InChI=1S/C26H28BrN7O3/c1-36-20-9-19(10-21(11-20)37-2)31-26(35)33-8-4-6-18(16-33)23-12-24(29-14-17-5-3-7-28-13-17)34-25(32-23)22(27)15-30-34/h3,5,7,9-13,15,18,29H,4,6,8,14,16H2,1-2H3,(H,31,35). The number of piperidine rings is 1. The molecule has 2 N–H and O–H groups in total. The normalized spacial score (nSPS) is 15.4. The molecule has 0 spiro atoms. The van der Waals surface area contributed by atoms with Gasteiger partial charge in [0.2, 0.25) is 0 Å². The fraction of sp³-hybridized carbons (Fsp3) is 0.308. The van der Waals surface area contributed by atoms with Crippen LogP contribution in [0.3, 0.4) is 0 Å². The third kappa shape index (κ3) is 5.61. The van der Waals surface area contributed by atoms with Gasteiger partial charge in [0, 0.05) is 67.9 Å². The van der Waals surface area contributed by atoms with Crippen molar-refractivity contribution in [1.82, 2.24) is 24.5 Å². The van der Waals surface area contributed by atoms with Gasteiger partial charge in [0.25, 0.3) is 0 Å². The number of urea groups is 1. The minimum Gasteiger partial charge on any atom is -0.497 e. The van der Waals surface area contributed by atoms with Gasteiger partial charge in [0.1, 0.15) is 17.3 Å². The summed E-state index contributed by atoms with van der Waals surface area (Å²) in [5.74, 6) is 2.15. The van der Waals surface area contributed by atoms with Crippen LogP contribution in [0.1, 0.15) is 30.0 Å². The van der Waals surface area contributed by atoms with Crippen molar-refractivity contribution in [2.24, 2.45) is 0 Å². The van der Waals surface area contributed by atoms with E-state index in [-0.39, 0.29) is 11.9 Å². The van der Waals surface area contributed by atoms with Gasteiger partial charge in [-0.2, -0.15) is 9.61 Å². The number of amides is 2. The number of fused-ring (bicyclic) bond motifs is 1. The zero-order chi connectivity index (χ0) is 25.8. The molecule has 1 aliphatic heterocycles. The van der Waals surface area contributed by atoms with E-state index in [4.69, 9.17) is 14.5 Å². The second-order valence-corrected chi connectivity index (χ2v) is 9.68. The lowest BCUT2D eigenvalue weighted by Gasteiger charge is -2.32. The van der Waals surface area contributed by atoms with Crippen molar-refractivity contribution in [3.63, 3.8) is 0 Å². The van der Waals surface area contributed by atoms with Crippen LogP contribution in [-0.2, 0) is 6.54 Å². The number of benzene rings is 1. The second kappa shape index (κ2) is 11.0. The number of carbonyl (C=O) groups is 1. The van der Waals surface area contributed by atoms with Gasteiger partial charge in [-0.25, -0.2) is 9.78 Å². The Labute approximate surface area is 223 Å². The molecule has 1 unspecified atom stereocenters. The summed E-state index contributed by atoms with van der Waals surface area (Å²) < 4.78 is 13.2. The zero-order valence-corrected chi connectivity index (χ0v) is 22.2. The molecule has 1 fully saturated rings. The molecule has 1 atom stereocenters. The summed E-state index contributed by atoms with van der Waals surface area (Å²) in [7, 11) is 3.16. The molecule has 192 valence electrons. The van der Waals surface area contributed by atoms with Crippen molar-refractivity contribution in [1.29, 1.82) is 0 Å². The molecule has 4 heterocycles. The molecule has 1 aliphatic rings. The highest BCUT2D eigenvalue weighted by atomic mass is 79.9. The number of halogens is 1. The number of pyridine rings is 1. The first-order valence-corrected chi connectivity index (χ1v) is 12.8. The van der Waals surface area contributed by atoms with Gasteiger partial charge in [-0.1, -0.05) is 6.07 Å². The molecule has 0 radical (unpaired) electrons. The highest BCUT2D eigenvalue weighted by Crippen LogP contribution is 2.31. The van der Waals surface area contributed by atoms with Gasteiger partial charge in [0.05, 0.1) is 30.6 Å². The molecule has 2 amide bonds. The minimum absolute atomic E-state index is 0.0880. The van der Waals surface area contributed by atoms with Crippen LogP contribution in [0.15, 0.2) is 59.5 Å². The van der Waals surface area contributed by atoms with Gasteiger partial charge in [-0.05, 0) is 40.4 Å². The van der Waals surface area contributed by atoms with Crippen LogP contribution in [0.25, 0.3) is 5.65 Å². The summed E-state index contributed by atoms with van der Waals surface area (Å²) in [5, 5.41) is 10.9. The summed E-state index contributed by atoms with van der Waals surface area (Å²) in [5.41, 5.74) is 3.34. The predicted octanol–water partition coefficient (Wildman–Crippen LogP) is 4.93. The Kier molecular flexibility index (Phi) is 7.40. The second-order valence-electron chi connectivity index (χ2n) is 8.83. The van der Waals surface area contributed by atoms with E-state index in [9.17, 15) is 4.79 Å². The molecule has 5 rings (SSSR count). The van der Waals surface area contributed by atoms with Crippen LogP contribution in [0.5, 0.6) is 11.5 Å². The van der Waals surface area contributed by atoms with E-state index in [1.807, 2.05) is 29.3 Å². The van der Waals surface area contributed by atoms with E-state index < -0.39 is 0 Å². The van der Waals surface area contributed by atoms with Crippen LogP contribution >= 0.6 is 15.9 Å². The number of likely N-dealkylation sites (tertiary alicyclic amines) is 1. The van der Waals surface area contributed by atoms with Crippen molar-refractivity contribution in [3.8, 4) is 11.5 Å². The topological polar surface area (TPSA) is 106 Å². The van der Waals surface area contributed by atoms with Gasteiger partial charge >= 0.3 is 6.03 Å². The maximum atomic E-state index is 13.2. The molecule has 4 aromatic rings. The maximum absolute atomic E-state index is 13.2. The van der Waals surface area contributed by atoms with Gasteiger partial charge in [-0.15, -0.1) is 0 Å². The average Bonchev–Trinajstić information content (AvgIpc) is 3.32. The number of aromatic nitrogens is 4. The van der Waals surface area contributed by atoms with E-state index in [0.717, 1.165) is 40.0 Å². The third-order valence-corrected chi connectivity index (χ3v) is 6.93. The molecule has 1 aromatic carbocycles. The first kappa shape index (κ1) is 24.8. The number of rotatable bonds is 7. The fourth-order valence-electron chi connectivity index (χ4n) is 4.47. The number of carbonyl (C=O) groups excluding carboxylic acids is 1. The zero-order valence-electron chi connectivity index (χ0n) is 20.6. The van der Waals surface area contributed by atoms with E-state index in [2.05, 4.69) is 36.6 Å². The molecule has 3 aromatic heterocycles. The van der Waals surface area contributed by atoms with Crippen molar-refractivity contribution < 1.29 is 14.3 Å². The first-order chi connectivity index (χ1) is 18.0. The smallest absolute Gasteiger partial charge is 0.321 e. The van der Waals surface area contributed by atoms with Crippen LogP contribution in [0.2, 0.25) is 0 Å². The highest BCUT2D eigenvalue weighted by molar-refractivity contribution is 9.10. The van der Waals surface area contributed by atoms with Crippen LogP contribution in [0, 0.1) is 0 Å². The largest absolute Gasteiger partial charge is 0.497 e. The Hall–Kier alpha value is -3.86. The van der Waals surface area contributed by atoms with E-state index >= 15 is 0 Å². The number of hydrogen-bond acceptors (Lipinski definition) is 7. The minimum atomic E-state index is -0.165. The molecule has 10 nitrogen and oxygen atoms in total. The third-order valence-electron chi connectivity index (χ3n) is 6.37. The van der Waals surface area contributed by atoms with Crippen molar-refractivity contribution in [3.05, 3.63) is 70.7 Å². The van der Waals surface area contributed by atoms with E-state index in [0.29, 0.717) is 36.8 Å². The molecule has 1 saturated heterocycles. The maximum Gasteiger partial charge on any atom is 0.321 e. The average molecular weight is 566 g/mol. The molecular weight excluding hydrogens is 538 g/mol. The Morgan fingerprint density at radius 2 is 1.97 bits per heavy atom. The summed E-state index contributed by atoms with van der Waals surface area (Å²) in [6.45, 7) is 1.84. The number of nitrogens with zero attached hydrogens (tertiary/aromatic N) is 5. The van der Waals surface area contributed by atoms with Crippen molar-refractivity contribution >= 4 is 39.1 Å². The number of nitrogens with one attached hydrogen (secondary N) is 2. The fourth-order valence-corrected chi connectivity index (χ4v) is 4.82. The van der Waals surface area contributed by atoms with E-state index in [1.54, 1.807) is 49.3 Å². The summed E-state index contributed by atoms with van der Waals surface area (Å²) in [6, 6.07) is 11.1. The van der Waals surface area contributed by atoms with Gasteiger partial charge < -0.3 is 25.0 Å². The lowest BCUT2D eigenvalue weighted by Crippen LogP contribution is -2.41. The van der Waals surface area contributed by atoms with Gasteiger partial charge in [0.15, 0.2) is 5.65 Å². The van der Waals surface area contributed by atoms with Gasteiger partial charge in [-0.3, -0.25) is 4.98 Å². The number of methoxy groups -OCH3 is 2. The van der Waals surface area contributed by atoms with Crippen LogP contribution < -0.4 is 20.1 Å². The van der Waals surface area contributed by atoms with Crippen LogP contribution in [0.4, 0.5) is 16.3 Å². The number of anilines is 2. The Morgan fingerprint density at radius 3 is 2.70 bits per heavy atom. The summed E-state index contributed by atoms with van der Waals surface area (Å²) >= 11 is 3.57. The molecule has 0 bridgehead atoms. The lowest BCUT2D eigenvalue weighted by molar-refractivity contribution is 0.192. The summed E-state index contributed by atoms with van der Waals surface area (Å²) in [4.78, 5) is 24.1. The van der Waals surface area contributed by atoms with Crippen molar-refractivity contribution in [2.75, 3.05) is 37.9 Å². The van der Waals surface area contributed by atoms with Crippen LogP contribution in [-0.4, -0.2) is 57.8 Å². The SMILES string of the molecule is COc1cc(NC(=O)N2CCCC(c3cc(NCc4cccnc4)n4ncc(Br)c4n3)C2)cc(OC)c1.